The van der Waals surface area contributed by atoms with Crippen LogP contribution in [0.25, 0.3) is 0 Å². The zero-order valence-corrected chi connectivity index (χ0v) is 11.1. The van der Waals surface area contributed by atoms with Crippen LogP contribution in [0.1, 0.15) is 5.56 Å². The highest BCUT2D eigenvalue weighted by Gasteiger charge is 2.28. The van der Waals surface area contributed by atoms with Gasteiger partial charge in [-0.15, -0.1) is 0 Å². The standard InChI is InChI=1S/C10H12N2O7S/c1-6-8(12(16)17)3-2-4-9(6)20(18,19)11-7(5-13)10(14)15/h2-4,7,11,13H,5H2,1H3,(H,14,15)/t7-/m1/s1. The summed E-state index contributed by atoms with van der Waals surface area (Å²) in [5.74, 6) is -1.56. The summed E-state index contributed by atoms with van der Waals surface area (Å²) in [6.07, 6.45) is 0. The molecule has 0 aliphatic heterocycles. The van der Waals surface area contributed by atoms with Crippen LogP contribution < -0.4 is 4.72 Å². The SMILES string of the molecule is Cc1c([N+](=O)[O-])cccc1S(=O)(=O)N[C@H](CO)C(=O)O. The van der Waals surface area contributed by atoms with Gasteiger partial charge in [0.25, 0.3) is 5.69 Å². The van der Waals surface area contributed by atoms with Gasteiger partial charge in [-0.25, -0.2) is 8.42 Å². The van der Waals surface area contributed by atoms with E-state index in [2.05, 4.69) is 0 Å². The van der Waals surface area contributed by atoms with Gasteiger partial charge in [-0.05, 0) is 13.0 Å². The lowest BCUT2D eigenvalue weighted by atomic mass is 10.2. The van der Waals surface area contributed by atoms with Gasteiger partial charge in [0.15, 0.2) is 0 Å². The summed E-state index contributed by atoms with van der Waals surface area (Å²) in [6, 6.07) is 1.70. The number of hydrogen-bond acceptors (Lipinski definition) is 6. The third-order valence-electron chi connectivity index (χ3n) is 2.52. The predicted molar refractivity (Wildman–Crippen MR) is 66.7 cm³/mol. The Labute approximate surface area is 114 Å². The first-order chi connectivity index (χ1) is 9.20. The van der Waals surface area contributed by atoms with Gasteiger partial charge in [0.1, 0.15) is 6.04 Å². The average Bonchev–Trinajstić information content (AvgIpc) is 2.35. The lowest BCUT2D eigenvalue weighted by Gasteiger charge is -2.13. The zero-order chi connectivity index (χ0) is 15.5. The first kappa shape index (κ1) is 16.0. The molecule has 0 fully saturated rings. The molecule has 0 unspecified atom stereocenters. The summed E-state index contributed by atoms with van der Waals surface area (Å²) in [5, 5.41) is 28.2. The van der Waals surface area contributed by atoms with E-state index in [1.165, 1.54) is 13.0 Å². The van der Waals surface area contributed by atoms with Crippen LogP contribution in [0.15, 0.2) is 23.1 Å². The fraction of sp³-hybridized carbons (Fsp3) is 0.300. The van der Waals surface area contributed by atoms with E-state index in [4.69, 9.17) is 10.2 Å². The summed E-state index contributed by atoms with van der Waals surface area (Å²) in [6.45, 7) is 0.296. The number of aliphatic carboxylic acids is 1. The number of carboxylic acid groups (broad SMARTS) is 1. The molecule has 10 heteroatoms. The predicted octanol–water partition coefficient (Wildman–Crippen LogP) is -0.373. The van der Waals surface area contributed by atoms with Gasteiger partial charge in [0.05, 0.1) is 16.4 Å². The molecule has 0 bridgehead atoms. The summed E-state index contributed by atoms with van der Waals surface area (Å²) in [4.78, 5) is 20.3. The number of carbonyl (C=O) groups is 1. The Kier molecular flexibility index (Phi) is 4.76. The lowest BCUT2D eigenvalue weighted by molar-refractivity contribution is -0.385. The number of nitro groups is 1. The number of hydrogen-bond donors (Lipinski definition) is 3. The maximum Gasteiger partial charge on any atom is 0.324 e. The van der Waals surface area contributed by atoms with Crippen LogP contribution in [0.3, 0.4) is 0 Å². The lowest BCUT2D eigenvalue weighted by Crippen LogP contribution is -2.43. The number of nitro benzene ring substituents is 1. The quantitative estimate of drug-likeness (QED) is 0.479. The fourth-order valence-corrected chi connectivity index (χ4v) is 2.95. The Morgan fingerprint density at radius 2 is 2.10 bits per heavy atom. The van der Waals surface area contributed by atoms with E-state index in [1.807, 2.05) is 0 Å². The molecule has 9 nitrogen and oxygen atoms in total. The number of benzene rings is 1. The van der Waals surface area contributed by atoms with Gasteiger partial charge < -0.3 is 10.2 Å². The number of nitrogens with zero attached hydrogens (tertiary/aromatic N) is 1. The number of carboxylic acids is 1. The summed E-state index contributed by atoms with van der Waals surface area (Å²) in [7, 11) is -4.30. The maximum absolute atomic E-state index is 12.0. The Bertz CT molecular complexity index is 641. The van der Waals surface area contributed by atoms with Gasteiger partial charge in [0.2, 0.25) is 10.0 Å². The van der Waals surface area contributed by atoms with Crippen molar-refractivity contribution < 1.29 is 28.3 Å². The van der Waals surface area contributed by atoms with Crippen LogP contribution in [0.2, 0.25) is 0 Å². The molecule has 1 aromatic carbocycles. The normalized spacial score (nSPS) is 12.9. The van der Waals surface area contributed by atoms with E-state index in [9.17, 15) is 23.3 Å². The molecule has 0 aliphatic rings. The summed E-state index contributed by atoms with van der Waals surface area (Å²) < 4.78 is 25.8. The molecule has 1 rings (SSSR count). The highest BCUT2D eigenvalue weighted by Crippen LogP contribution is 2.24. The van der Waals surface area contributed by atoms with E-state index < -0.39 is 44.1 Å². The largest absolute Gasteiger partial charge is 0.480 e. The number of aliphatic hydroxyl groups is 1. The minimum Gasteiger partial charge on any atom is -0.480 e. The van der Waals surface area contributed by atoms with Crippen molar-refractivity contribution in [2.24, 2.45) is 0 Å². The third-order valence-corrected chi connectivity index (χ3v) is 4.14. The van der Waals surface area contributed by atoms with Crippen molar-refractivity contribution in [2.45, 2.75) is 17.9 Å². The van der Waals surface area contributed by atoms with E-state index in [0.29, 0.717) is 0 Å². The molecule has 0 saturated heterocycles. The van der Waals surface area contributed by atoms with Crippen LogP contribution in [-0.4, -0.2) is 42.2 Å². The highest BCUT2D eigenvalue weighted by atomic mass is 32.2. The van der Waals surface area contributed by atoms with Gasteiger partial charge in [-0.2, -0.15) is 4.72 Å². The molecule has 1 aromatic rings. The molecule has 110 valence electrons. The molecular weight excluding hydrogens is 292 g/mol. The van der Waals surface area contributed by atoms with Crippen LogP contribution in [-0.2, 0) is 14.8 Å². The van der Waals surface area contributed by atoms with Gasteiger partial charge in [-0.1, -0.05) is 6.07 Å². The van der Waals surface area contributed by atoms with Crippen molar-refractivity contribution in [1.82, 2.24) is 4.72 Å². The molecule has 0 aliphatic carbocycles. The molecule has 0 amide bonds. The Morgan fingerprint density at radius 1 is 1.50 bits per heavy atom. The van der Waals surface area contributed by atoms with E-state index in [-0.39, 0.29) is 5.56 Å². The van der Waals surface area contributed by atoms with Crippen molar-refractivity contribution >= 4 is 21.7 Å². The number of rotatable bonds is 6. The molecule has 0 spiro atoms. The van der Waals surface area contributed by atoms with E-state index in [0.717, 1.165) is 12.1 Å². The van der Waals surface area contributed by atoms with Crippen molar-refractivity contribution in [3.63, 3.8) is 0 Å². The van der Waals surface area contributed by atoms with E-state index >= 15 is 0 Å². The Balaban J connectivity index is 3.26. The first-order valence-electron chi connectivity index (χ1n) is 5.30. The summed E-state index contributed by atoms with van der Waals surface area (Å²) in [5.41, 5.74) is -0.518. The second-order valence-electron chi connectivity index (χ2n) is 3.85. The molecule has 0 aromatic heterocycles. The molecule has 3 N–H and O–H groups in total. The van der Waals surface area contributed by atoms with E-state index in [1.54, 1.807) is 4.72 Å². The Hall–Kier alpha value is -2.04. The number of nitrogens with one attached hydrogen (secondary N) is 1. The molecule has 0 heterocycles. The van der Waals surface area contributed by atoms with Gasteiger partial charge in [-0.3, -0.25) is 14.9 Å². The number of aliphatic hydroxyl groups excluding tert-OH is 1. The van der Waals surface area contributed by atoms with Gasteiger partial charge >= 0.3 is 5.97 Å². The van der Waals surface area contributed by atoms with Crippen LogP contribution in [0.5, 0.6) is 0 Å². The van der Waals surface area contributed by atoms with Crippen molar-refractivity contribution in [3.05, 3.63) is 33.9 Å². The molecule has 0 saturated carbocycles. The highest BCUT2D eigenvalue weighted by molar-refractivity contribution is 7.89. The molecule has 1 atom stereocenters. The molecule has 20 heavy (non-hydrogen) atoms. The van der Waals surface area contributed by atoms with Crippen LogP contribution in [0, 0.1) is 17.0 Å². The monoisotopic (exact) mass is 304 g/mol. The second kappa shape index (κ2) is 5.94. The molecule has 0 radical (unpaired) electrons. The average molecular weight is 304 g/mol. The third kappa shape index (κ3) is 3.29. The topological polar surface area (TPSA) is 147 Å². The number of sulfonamides is 1. The zero-order valence-electron chi connectivity index (χ0n) is 10.3. The van der Waals surface area contributed by atoms with Crippen LogP contribution >= 0.6 is 0 Å². The maximum atomic E-state index is 12.0. The van der Waals surface area contributed by atoms with Gasteiger partial charge in [0, 0.05) is 11.6 Å². The van der Waals surface area contributed by atoms with Crippen molar-refractivity contribution in [3.8, 4) is 0 Å². The fourth-order valence-electron chi connectivity index (χ4n) is 1.51. The van der Waals surface area contributed by atoms with Crippen molar-refractivity contribution in [1.29, 1.82) is 0 Å². The smallest absolute Gasteiger partial charge is 0.324 e. The first-order valence-corrected chi connectivity index (χ1v) is 6.79. The minimum atomic E-state index is -4.30. The second-order valence-corrected chi connectivity index (χ2v) is 5.53. The minimum absolute atomic E-state index is 0.118. The van der Waals surface area contributed by atoms with Crippen molar-refractivity contribution in [2.75, 3.05) is 6.61 Å². The van der Waals surface area contributed by atoms with Crippen LogP contribution in [0.4, 0.5) is 5.69 Å². The summed E-state index contributed by atoms with van der Waals surface area (Å²) >= 11 is 0. The molecular formula is C10H12N2O7S. The Morgan fingerprint density at radius 3 is 2.55 bits per heavy atom.